The number of amides is 7. The summed E-state index contributed by atoms with van der Waals surface area (Å²) in [5, 5.41) is 13.4. The summed E-state index contributed by atoms with van der Waals surface area (Å²) < 4.78 is 28.8. The number of Topliss-reactive ketones (excluding diaryl/α,β-unsaturated/α-hetero) is 3. The topological polar surface area (TPSA) is 427 Å². The summed E-state index contributed by atoms with van der Waals surface area (Å²) in [4.78, 5) is 148. The molecule has 2 aromatic carbocycles. The summed E-state index contributed by atoms with van der Waals surface area (Å²) in [6.45, 7) is 1.26. The molecule has 1 fully saturated rings. The number of hydrogen-bond acceptors (Lipinski definition) is 12. The van der Waals surface area contributed by atoms with Crippen molar-refractivity contribution < 1.29 is 56.7 Å². The van der Waals surface area contributed by atoms with Crippen LogP contribution in [0.5, 0.6) is 0 Å². The number of hydrogen-bond donors (Lipinski definition) is 12. The van der Waals surface area contributed by atoms with E-state index in [1.54, 1.807) is 18.3 Å². The highest BCUT2D eigenvalue weighted by molar-refractivity contribution is 5.99. The van der Waals surface area contributed by atoms with Crippen LogP contribution in [-0.2, 0) is 60.8 Å². The van der Waals surface area contributed by atoms with Crippen LogP contribution in [0.4, 0.5) is 8.78 Å². The molecule has 0 saturated carbocycles. The van der Waals surface area contributed by atoms with E-state index in [-0.39, 0.29) is 107 Å². The van der Waals surface area contributed by atoms with Crippen LogP contribution in [-0.4, -0.2) is 119 Å². The van der Waals surface area contributed by atoms with Gasteiger partial charge in [-0.2, -0.15) is 0 Å². The summed E-state index contributed by atoms with van der Waals surface area (Å²) in [5.41, 5.74) is 34.6. The number of aromatic amines is 1. The highest BCUT2D eigenvalue weighted by Crippen LogP contribution is 2.26. The molecule has 7 atom stereocenters. The smallest absolute Gasteiger partial charge is 0.243 e. The van der Waals surface area contributed by atoms with Gasteiger partial charge in [0.25, 0.3) is 0 Å². The van der Waals surface area contributed by atoms with E-state index < -0.39 is 132 Å². The van der Waals surface area contributed by atoms with Gasteiger partial charge in [0.1, 0.15) is 35.7 Å². The van der Waals surface area contributed by atoms with Crippen molar-refractivity contribution in [3.05, 3.63) is 71.4 Å². The average Bonchev–Trinajstić information content (AvgIpc) is 3.77. The number of H-pyrrole nitrogens is 1. The lowest BCUT2D eigenvalue weighted by Crippen LogP contribution is -2.58. The van der Waals surface area contributed by atoms with Crippen LogP contribution in [0.25, 0.3) is 10.9 Å². The molecule has 77 heavy (non-hydrogen) atoms. The molecule has 26 heteroatoms. The van der Waals surface area contributed by atoms with Crippen molar-refractivity contribution in [1.29, 1.82) is 0 Å². The van der Waals surface area contributed by atoms with E-state index in [1.807, 2.05) is 12.1 Å². The second kappa shape index (κ2) is 30.3. The first kappa shape index (κ1) is 61.2. The number of nitrogens with two attached hydrogens (primary N) is 6. The molecule has 1 aromatic heterocycles. The fourth-order valence-electron chi connectivity index (χ4n) is 8.88. The molecule has 24 nitrogen and oxygen atoms in total. The molecule has 0 bridgehead atoms. The monoisotopic (exact) mass is 1080 g/mol. The summed E-state index contributed by atoms with van der Waals surface area (Å²) in [7, 11) is 0. The fourth-order valence-corrected chi connectivity index (χ4v) is 8.88. The van der Waals surface area contributed by atoms with Gasteiger partial charge in [0, 0.05) is 74.6 Å². The highest BCUT2D eigenvalue weighted by atomic mass is 19.2. The third kappa shape index (κ3) is 20.7. The maximum absolute atomic E-state index is 14.7. The standard InChI is InChI=1S/C51H70F2N14O10/c1-27(68)63-38(13-7-19-61-51(58)59)47(75)65-39-12-4-2-9-32(69)15-17-37(45(55)73)64-46(74)30(22-31-26-62-36-11-5-3-10-33(31)36)24-42(70)29(8-6-18-60-50(56)57)23-43(71)40(21-28-14-16-34(52)35(53)20-28)66-49(77)41(25-44(54)72)67-48(39)76/h3,5,10-11,14,16,20,26,29-30,37-41,62H,2,4,6-9,12-13,15,17-19,21-25H2,1H3,(H2,54,72)(H2,55,73)(H,63,68)(H,64,74)(H,65,75)(H,66,77)(H,67,76)(H4,56,57,60)(H4,58,59,61)/t29-,30-,37+,38+,39+,40-,41+/m1/s1. The maximum atomic E-state index is 14.7. The van der Waals surface area contributed by atoms with E-state index in [0.29, 0.717) is 5.56 Å². The van der Waals surface area contributed by atoms with Crippen molar-refractivity contribution in [2.45, 2.75) is 133 Å². The van der Waals surface area contributed by atoms with Gasteiger partial charge in [-0.15, -0.1) is 0 Å². The SMILES string of the molecule is CC(=O)N[C@@H](CCCN=C(N)N)C(=O)N[C@H]1CCCCC(=O)CC[C@@H](C(N)=O)NC(=O)[C@H](Cc2c[nH]c3ccccc23)CC(=O)[C@H](CCCN=C(N)N)CC(=O)[C@@H](Cc2ccc(F)c(F)c2)NC(=O)[C@H](CC(N)=O)NC1=O. The van der Waals surface area contributed by atoms with E-state index in [1.165, 1.54) is 6.92 Å². The van der Waals surface area contributed by atoms with Gasteiger partial charge < -0.3 is 66.0 Å². The molecular formula is C51H70F2N14O10. The Bertz CT molecular complexity index is 2690. The quantitative estimate of drug-likeness (QED) is 0.0423. The molecule has 4 rings (SSSR count). The lowest BCUT2D eigenvalue weighted by Gasteiger charge is -2.27. The minimum Gasteiger partial charge on any atom is -0.370 e. The molecule has 2 heterocycles. The van der Waals surface area contributed by atoms with E-state index in [2.05, 4.69) is 41.6 Å². The summed E-state index contributed by atoms with van der Waals surface area (Å²) in [5.74, 6) is -13.5. The van der Waals surface area contributed by atoms with Gasteiger partial charge in [-0.25, -0.2) is 8.78 Å². The molecule has 418 valence electrons. The molecule has 0 radical (unpaired) electrons. The first-order valence-electron chi connectivity index (χ1n) is 25.2. The third-order valence-electron chi connectivity index (χ3n) is 12.9. The predicted molar refractivity (Wildman–Crippen MR) is 279 cm³/mol. The van der Waals surface area contributed by atoms with Crippen molar-refractivity contribution >= 4 is 81.5 Å². The third-order valence-corrected chi connectivity index (χ3v) is 12.9. The average molecular weight is 1080 g/mol. The second-order valence-corrected chi connectivity index (χ2v) is 19.0. The molecule has 7 amide bonds. The largest absolute Gasteiger partial charge is 0.370 e. The Morgan fingerprint density at radius 1 is 0.727 bits per heavy atom. The fraction of sp³-hybridized carbons (Fsp3) is 0.490. The number of para-hydroxylation sites is 1. The zero-order valence-corrected chi connectivity index (χ0v) is 42.9. The number of carbonyl (C=O) groups excluding carboxylic acids is 10. The van der Waals surface area contributed by atoms with E-state index >= 15 is 0 Å². The van der Waals surface area contributed by atoms with Gasteiger partial charge in [0.15, 0.2) is 29.3 Å². The number of nitrogens with one attached hydrogen (secondary N) is 6. The Balaban J connectivity index is 1.80. The first-order valence-corrected chi connectivity index (χ1v) is 25.2. The Morgan fingerprint density at radius 2 is 1.40 bits per heavy atom. The van der Waals surface area contributed by atoms with E-state index in [9.17, 15) is 56.7 Å². The Kier molecular flexibility index (Phi) is 24.1. The molecule has 0 unspecified atom stereocenters. The number of rotatable bonds is 18. The number of primary amides is 2. The lowest BCUT2D eigenvalue weighted by molar-refractivity contribution is -0.136. The van der Waals surface area contributed by atoms with Crippen molar-refractivity contribution in [1.82, 2.24) is 31.6 Å². The van der Waals surface area contributed by atoms with Crippen LogP contribution in [0.3, 0.4) is 0 Å². The molecule has 1 aliphatic rings. The Labute approximate surface area is 442 Å². The second-order valence-electron chi connectivity index (χ2n) is 19.0. The van der Waals surface area contributed by atoms with Crippen molar-refractivity contribution in [2.24, 2.45) is 56.2 Å². The van der Waals surface area contributed by atoms with Gasteiger partial charge in [-0.3, -0.25) is 57.9 Å². The number of fused-ring (bicyclic) bond motifs is 1. The zero-order chi connectivity index (χ0) is 56.8. The van der Waals surface area contributed by atoms with Crippen LogP contribution >= 0.6 is 0 Å². The number of nitrogens with zero attached hydrogens (tertiary/aromatic N) is 2. The molecule has 3 aromatic rings. The number of aliphatic imine (C=N–C) groups is 2. The van der Waals surface area contributed by atoms with Crippen LogP contribution in [0, 0.1) is 23.5 Å². The number of halogens is 2. The summed E-state index contributed by atoms with van der Waals surface area (Å²) >= 11 is 0. The van der Waals surface area contributed by atoms with E-state index in [0.717, 1.165) is 29.1 Å². The highest BCUT2D eigenvalue weighted by Gasteiger charge is 2.36. The number of guanidine groups is 2. The van der Waals surface area contributed by atoms with Crippen LogP contribution < -0.4 is 61.0 Å². The molecule has 0 spiro atoms. The molecule has 1 aliphatic heterocycles. The predicted octanol–water partition coefficient (Wildman–Crippen LogP) is -0.783. The van der Waals surface area contributed by atoms with Gasteiger partial charge in [-0.1, -0.05) is 30.7 Å². The van der Waals surface area contributed by atoms with Crippen LogP contribution in [0.2, 0.25) is 0 Å². The zero-order valence-electron chi connectivity index (χ0n) is 42.9. The molecule has 18 N–H and O–H groups in total. The van der Waals surface area contributed by atoms with Gasteiger partial charge in [0.2, 0.25) is 41.4 Å². The van der Waals surface area contributed by atoms with Crippen molar-refractivity contribution in [2.75, 3.05) is 13.1 Å². The molecular weight excluding hydrogens is 1010 g/mol. The number of carbonyl (C=O) groups is 10. The number of ketones is 3. The van der Waals surface area contributed by atoms with Gasteiger partial charge in [0.05, 0.1) is 12.5 Å². The minimum absolute atomic E-state index is 0.00529. The molecule has 1 saturated heterocycles. The first-order chi connectivity index (χ1) is 36.5. The van der Waals surface area contributed by atoms with Gasteiger partial charge >= 0.3 is 0 Å². The number of benzene rings is 2. The van der Waals surface area contributed by atoms with E-state index in [4.69, 9.17) is 34.4 Å². The minimum atomic E-state index is -1.83. The maximum Gasteiger partial charge on any atom is 0.243 e. The summed E-state index contributed by atoms with van der Waals surface area (Å²) in [6.07, 6.45) is -1.05. The summed E-state index contributed by atoms with van der Waals surface area (Å²) in [6, 6.07) is 2.41. The molecule has 0 aliphatic carbocycles. The van der Waals surface area contributed by atoms with Gasteiger partial charge in [-0.05, 0) is 87.1 Å². The van der Waals surface area contributed by atoms with Crippen molar-refractivity contribution in [3.63, 3.8) is 0 Å². The normalized spacial score (nSPS) is 21.1. The lowest BCUT2D eigenvalue weighted by atomic mass is 9.83. The van der Waals surface area contributed by atoms with Crippen LogP contribution in [0.1, 0.15) is 102 Å². The Hall–Kier alpha value is -8.32. The number of aromatic nitrogens is 1. The van der Waals surface area contributed by atoms with Crippen molar-refractivity contribution in [3.8, 4) is 0 Å². The Morgan fingerprint density at radius 3 is 2.06 bits per heavy atom. The van der Waals surface area contributed by atoms with Crippen LogP contribution in [0.15, 0.2) is 58.6 Å².